The molecule has 0 heterocycles. The lowest BCUT2D eigenvalue weighted by atomic mass is 10.00. The van der Waals surface area contributed by atoms with Crippen molar-refractivity contribution in [1.29, 1.82) is 0 Å². The van der Waals surface area contributed by atoms with Crippen LogP contribution < -0.4 is 11.5 Å². The third-order valence-corrected chi connectivity index (χ3v) is 5.59. The average molecular weight is 427 g/mol. The summed E-state index contributed by atoms with van der Waals surface area (Å²) in [6.07, 6.45) is 4.44. The van der Waals surface area contributed by atoms with Gasteiger partial charge in [0, 0.05) is 18.5 Å². The highest BCUT2D eigenvalue weighted by molar-refractivity contribution is 5.71. The standard InChI is InChI=1S/C12H15NO2.C11H13NO2.C2H6/c13-10-6-9-3-1-2-8(11(9)7-10)4-5-12(14)15;12-9-4-7-2-1-3-8(5-11(13)14)10(7)6-9;1-2/h1-3,10H,4-7,13H2,(H,14,15);1-3,9H,4-6,12H2,(H,13,14);1-2H3. The Bertz CT molecular complexity index is 910. The van der Waals surface area contributed by atoms with Crippen molar-refractivity contribution in [2.75, 3.05) is 0 Å². The molecule has 2 aromatic rings. The van der Waals surface area contributed by atoms with E-state index < -0.39 is 11.9 Å². The zero-order chi connectivity index (χ0) is 23.0. The summed E-state index contributed by atoms with van der Waals surface area (Å²) >= 11 is 0. The fraction of sp³-hybridized carbons (Fsp3) is 0.440. The van der Waals surface area contributed by atoms with E-state index in [9.17, 15) is 9.59 Å². The van der Waals surface area contributed by atoms with Crippen LogP contribution in [0.1, 0.15) is 53.6 Å². The van der Waals surface area contributed by atoms with Gasteiger partial charge < -0.3 is 21.7 Å². The second kappa shape index (κ2) is 11.6. The van der Waals surface area contributed by atoms with Crippen molar-refractivity contribution in [3.63, 3.8) is 0 Å². The smallest absolute Gasteiger partial charge is 0.307 e. The fourth-order valence-electron chi connectivity index (χ4n) is 4.32. The molecule has 0 aromatic heterocycles. The number of fused-ring (bicyclic) bond motifs is 2. The molecule has 0 bridgehead atoms. The van der Waals surface area contributed by atoms with E-state index in [2.05, 4.69) is 6.07 Å². The number of rotatable bonds is 5. The van der Waals surface area contributed by atoms with Crippen molar-refractivity contribution < 1.29 is 19.8 Å². The van der Waals surface area contributed by atoms with Crippen LogP contribution in [0.4, 0.5) is 0 Å². The van der Waals surface area contributed by atoms with E-state index in [0.29, 0.717) is 6.42 Å². The number of nitrogens with two attached hydrogens (primary N) is 2. The molecule has 2 aliphatic rings. The lowest BCUT2D eigenvalue weighted by Gasteiger charge is -2.06. The Kier molecular flexibility index (Phi) is 9.21. The topological polar surface area (TPSA) is 127 Å². The Labute approximate surface area is 184 Å². The first kappa shape index (κ1) is 24.6. The summed E-state index contributed by atoms with van der Waals surface area (Å²) in [6.45, 7) is 4.00. The highest BCUT2D eigenvalue weighted by Crippen LogP contribution is 2.26. The number of aliphatic carboxylic acids is 2. The summed E-state index contributed by atoms with van der Waals surface area (Å²) in [5.41, 5.74) is 18.8. The van der Waals surface area contributed by atoms with Crippen LogP contribution >= 0.6 is 0 Å². The molecule has 6 heteroatoms. The van der Waals surface area contributed by atoms with Gasteiger partial charge in [-0.2, -0.15) is 0 Å². The maximum absolute atomic E-state index is 10.6. The number of hydrogen-bond acceptors (Lipinski definition) is 4. The fourth-order valence-corrected chi connectivity index (χ4v) is 4.32. The Morgan fingerprint density at radius 2 is 1.29 bits per heavy atom. The molecule has 0 spiro atoms. The molecule has 2 unspecified atom stereocenters. The molecular weight excluding hydrogens is 392 g/mol. The highest BCUT2D eigenvalue weighted by atomic mass is 16.4. The first-order valence-electron chi connectivity index (χ1n) is 11.0. The third-order valence-electron chi connectivity index (χ3n) is 5.59. The Balaban J connectivity index is 0.000000204. The van der Waals surface area contributed by atoms with Gasteiger partial charge >= 0.3 is 11.9 Å². The largest absolute Gasteiger partial charge is 0.481 e. The number of carbonyl (C=O) groups is 2. The minimum Gasteiger partial charge on any atom is -0.481 e. The normalized spacial score (nSPS) is 18.1. The van der Waals surface area contributed by atoms with E-state index in [1.165, 1.54) is 16.7 Å². The van der Waals surface area contributed by atoms with Crippen LogP contribution in [0, 0.1) is 0 Å². The molecule has 0 radical (unpaired) electrons. The van der Waals surface area contributed by atoms with Crippen molar-refractivity contribution >= 4 is 11.9 Å². The Morgan fingerprint density at radius 1 is 0.806 bits per heavy atom. The van der Waals surface area contributed by atoms with Gasteiger partial charge in [0.05, 0.1) is 6.42 Å². The summed E-state index contributed by atoms with van der Waals surface area (Å²) in [4.78, 5) is 21.1. The maximum atomic E-state index is 10.6. The molecule has 168 valence electrons. The second-order valence-electron chi connectivity index (χ2n) is 7.91. The molecule has 2 aliphatic carbocycles. The van der Waals surface area contributed by atoms with E-state index in [-0.39, 0.29) is 24.9 Å². The summed E-state index contributed by atoms with van der Waals surface area (Å²) in [5.74, 6) is -1.52. The lowest BCUT2D eigenvalue weighted by Crippen LogP contribution is -2.19. The summed E-state index contributed by atoms with van der Waals surface area (Å²) in [5, 5.41) is 17.4. The molecule has 0 saturated carbocycles. The van der Waals surface area contributed by atoms with Crippen LogP contribution in [-0.4, -0.2) is 34.2 Å². The van der Waals surface area contributed by atoms with Crippen molar-refractivity contribution in [1.82, 2.24) is 0 Å². The van der Waals surface area contributed by atoms with E-state index in [0.717, 1.165) is 42.4 Å². The number of carboxylic acid groups (broad SMARTS) is 2. The van der Waals surface area contributed by atoms with Gasteiger partial charge in [0.2, 0.25) is 0 Å². The molecule has 0 aliphatic heterocycles. The van der Waals surface area contributed by atoms with Crippen molar-refractivity contribution in [3.8, 4) is 0 Å². The number of carboxylic acids is 2. The van der Waals surface area contributed by atoms with Gasteiger partial charge in [-0.25, -0.2) is 0 Å². The first-order chi connectivity index (χ1) is 14.8. The van der Waals surface area contributed by atoms with E-state index in [4.69, 9.17) is 21.7 Å². The summed E-state index contributed by atoms with van der Waals surface area (Å²) < 4.78 is 0. The predicted molar refractivity (Wildman–Crippen MR) is 122 cm³/mol. The second-order valence-corrected chi connectivity index (χ2v) is 7.91. The van der Waals surface area contributed by atoms with Gasteiger partial charge in [-0.15, -0.1) is 0 Å². The van der Waals surface area contributed by atoms with Crippen molar-refractivity contribution in [2.45, 2.75) is 70.9 Å². The van der Waals surface area contributed by atoms with Gasteiger partial charge in [0.15, 0.2) is 0 Å². The molecule has 0 saturated heterocycles. The maximum Gasteiger partial charge on any atom is 0.307 e. The van der Waals surface area contributed by atoms with Gasteiger partial charge in [0.1, 0.15) is 0 Å². The third kappa shape index (κ3) is 6.91. The Hall–Kier alpha value is -2.70. The predicted octanol–water partition coefficient (Wildman–Crippen LogP) is 2.90. The van der Waals surface area contributed by atoms with Crippen LogP contribution in [0.2, 0.25) is 0 Å². The number of benzene rings is 2. The molecule has 2 atom stereocenters. The van der Waals surface area contributed by atoms with E-state index in [1.54, 1.807) is 0 Å². The van der Waals surface area contributed by atoms with Gasteiger partial charge in [-0.05, 0) is 65.5 Å². The molecule has 0 amide bonds. The average Bonchev–Trinajstić information content (AvgIpc) is 3.29. The number of hydrogen-bond donors (Lipinski definition) is 4. The molecule has 4 rings (SSSR count). The van der Waals surface area contributed by atoms with Crippen LogP contribution in [0.25, 0.3) is 0 Å². The molecule has 6 nitrogen and oxygen atoms in total. The monoisotopic (exact) mass is 426 g/mol. The first-order valence-corrected chi connectivity index (χ1v) is 11.0. The van der Waals surface area contributed by atoms with Crippen LogP contribution in [0.15, 0.2) is 36.4 Å². The summed E-state index contributed by atoms with van der Waals surface area (Å²) in [6, 6.07) is 12.3. The van der Waals surface area contributed by atoms with Crippen LogP contribution in [0.3, 0.4) is 0 Å². The van der Waals surface area contributed by atoms with Crippen molar-refractivity contribution in [2.24, 2.45) is 11.5 Å². The van der Waals surface area contributed by atoms with Crippen LogP contribution in [-0.2, 0) is 48.1 Å². The molecular formula is C25H34N2O4. The highest BCUT2D eigenvalue weighted by Gasteiger charge is 2.21. The molecule has 2 aromatic carbocycles. The zero-order valence-electron chi connectivity index (χ0n) is 18.4. The van der Waals surface area contributed by atoms with Crippen molar-refractivity contribution in [3.05, 3.63) is 69.8 Å². The molecule has 31 heavy (non-hydrogen) atoms. The minimum absolute atomic E-state index is 0.107. The lowest BCUT2D eigenvalue weighted by molar-refractivity contribution is -0.137. The number of aryl methyl sites for hydroxylation is 1. The Morgan fingerprint density at radius 3 is 1.77 bits per heavy atom. The molecule has 6 N–H and O–H groups in total. The van der Waals surface area contributed by atoms with E-state index in [1.807, 2.05) is 44.2 Å². The summed E-state index contributed by atoms with van der Waals surface area (Å²) in [7, 11) is 0. The van der Waals surface area contributed by atoms with E-state index >= 15 is 0 Å². The zero-order valence-corrected chi connectivity index (χ0v) is 18.4. The minimum atomic E-state index is -0.779. The van der Waals surface area contributed by atoms with Crippen LogP contribution in [0.5, 0.6) is 0 Å². The van der Waals surface area contributed by atoms with Gasteiger partial charge in [-0.3, -0.25) is 9.59 Å². The molecule has 0 fully saturated rings. The quantitative estimate of drug-likeness (QED) is 0.582. The SMILES string of the molecule is CC.NC1Cc2cccc(CC(=O)O)c2C1.NC1Cc2cccc(CCC(=O)O)c2C1. The van der Waals surface area contributed by atoms with Gasteiger partial charge in [-0.1, -0.05) is 50.2 Å². The van der Waals surface area contributed by atoms with Gasteiger partial charge in [0.25, 0.3) is 0 Å².